The summed E-state index contributed by atoms with van der Waals surface area (Å²) >= 11 is 0. The first kappa shape index (κ1) is 25.1. The molecule has 0 spiro atoms. The molecule has 0 bridgehead atoms. The first-order valence-corrected chi connectivity index (χ1v) is 14.0. The zero-order valence-corrected chi connectivity index (χ0v) is 21.7. The number of anilines is 4. The van der Waals surface area contributed by atoms with E-state index in [0.29, 0.717) is 49.1 Å². The van der Waals surface area contributed by atoms with E-state index in [1.54, 1.807) is 35.2 Å². The summed E-state index contributed by atoms with van der Waals surface area (Å²) in [5.41, 5.74) is 2.01. The van der Waals surface area contributed by atoms with E-state index >= 15 is 0 Å². The molecule has 6 rings (SSSR count). The number of aliphatic imine (C=N–C) groups is 1. The maximum atomic E-state index is 14.9. The minimum Gasteiger partial charge on any atom is -0.442 e. The molecule has 0 aromatic heterocycles. The van der Waals surface area contributed by atoms with Crippen LogP contribution < -0.4 is 19.4 Å². The number of nitrogens with zero attached hydrogens (tertiary/aromatic N) is 4. The summed E-state index contributed by atoms with van der Waals surface area (Å²) in [6.45, 7) is 2.40. The molecule has 202 valence electrons. The number of rotatable bonds is 5. The number of para-hydroxylation sites is 2. The summed E-state index contributed by atoms with van der Waals surface area (Å²) in [5.74, 6) is -0.338. The van der Waals surface area contributed by atoms with Gasteiger partial charge in [-0.25, -0.2) is 27.3 Å². The highest BCUT2D eigenvalue weighted by Crippen LogP contribution is 2.35. The lowest BCUT2D eigenvalue weighted by molar-refractivity contribution is 0.122. The molecule has 1 atom stereocenters. The molecular weight excluding hydrogens is 525 g/mol. The van der Waals surface area contributed by atoms with Crippen molar-refractivity contribution in [2.75, 3.05) is 54.1 Å². The van der Waals surface area contributed by atoms with Crippen LogP contribution in [0.5, 0.6) is 0 Å². The predicted octanol–water partition coefficient (Wildman–Crippen LogP) is 3.47. The van der Waals surface area contributed by atoms with Crippen LogP contribution in [0.15, 0.2) is 82.7 Å². The van der Waals surface area contributed by atoms with Crippen molar-refractivity contribution >= 4 is 44.8 Å². The highest BCUT2D eigenvalue weighted by molar-refractivity contribution is 7.90. The first-order chi connectivity index (χ1) is 18.9. The average molecular weight is 552 g/mol. The summed E-state index contributed by atoms with van der Waals surface area (Å²) in [6, 6.07) is 20.6. The lowest BCUT2D eigenvalue weighted by Gasteiger charge is -2.32. The number of carbonyl (C=O) groups excluding carboxylic acids is 1. The van der Waals surface area contributed by atoms with Gasteiger partial charge in [-0.1, -0.05) is 30.3 Å². The zero-order chi connectivity index (χ0) is 27.0. The number of nitrogens with one attached hydrogen (secondary N) is 1. The predicted molar refractivity (Wildman–Crippen MR) is 145 cm³/mol. The normalized spacial score (nSPS) is 21.5. The van der Waals surface area contributed by atoms with Crippen molar-refractivity contribution < 1.29 is 27.1 Å². The second-order valence-corrected chi connectivity index (χ2v) is 10.9. The number of amides is 1. The second-order valence-electron chi connectivity index (χ2n) is 9.26. The molecule has 3 aliphatic rings. The number of hydrogen-bond donors (Lipinski definition) is 1. The van der Waals surface area contributed by atoms with E-state index < -0.39 is 28.0 Å². The van der Waals surface area contributed by atoms with Gasteiger partial charge in [0.15, 0.2) is 0 Å². The molecule has 0 saturated carbocycles. The van der Waals surface area contributed by atoms with E-state index in [-0.39, 0.29) is 23.9 Å². The van der Waals surface area contributed by atoms with Gasteiger partial charge in [-0.3, -0.25) is 9.80 Å². The molecule has 1 N–H and O–H groups in total. The van der Waals surface area contributed by atoms with Crippen LogP contribution in [-0.2, 0) is 19.5 Å². The Kier molecular flexibility index (Phi) is 6.57. The fourth-order valence-electron chi connectivity index (χ4n) is 4.89. The number of ether oxygens (including phenoxy) is 2. The number of hydrogen-bond acceptors (Lipinski definition) is 7. The van der Waals surface area contributed by atoms with Gasteiger partial charge in [0.2, 0.25) is 5.96 Å². The smallest absolute Gasteiger partial charge is 0.414 e. The van der Waals surface area contributed by atoms with E-state index in [0.717, 1.165) is 0 Å². The molecule has 0 radical (unpaired) electrons. The van der Waals surface area contributed by atoms with E-state index in [1.807, 2.05) is 35.2 Å². The van der Waals surface area contributed by atoms with Gasteiger partial charge < -0.3 is 14.4 Å². The van der Waals surface area contributed by atoms with Gasteiger partial charge >= 0.3 is 6.09 Å². The summed E-state index contributed by atoms with van der Waals surface area (Å²) in [5, 5.41) is 0. The number of cyclic esters (lactones) is 1. The minimum atomic E-state index is -3.85. The molecule has 2 saturated heterocycles. The Morgan fingerprint density at radius 1 is 0.949 bits per heavy atom. The Labute approximate surface area is 225 Å². The van der Waals surface area contributed by atoms with E-state index in [1.165, 1.54) is 17.0 Å². The van der Waals surface area contributed by atoms with Crippen molar-refractivity contribution in [1.82, 2.24) is 4.72 Å². The molecule has 1 amide bonds. The number of carbonyl (C=O) groups is 1. The number of morpholine rings is 1. The van der Waals surface area contributed by atoms with Gasteiger partial charge in [-0.15, -0.1) is 0 Å². The van der Waals surface area contributed by atoms with Crippen molar-refractivity contribution in [2.45, 2.75) is 11.0 Å². The third-order valence-corrected chi connectivity index (χ3v) is 8.14. The topological polar surface area (TPSA) is 104 Å². The number of guanidine groups is 1. The number of fused-ring (bicyclic) bond motifs is 1. The van der Waals surface area contributed by atoms with Gasteiger partial charge in [-0.2, -0.15) is 0 Å². The molecule has 0 unspecified atom stereocenters. The minimum absolute atomic E-state index is 0.0000622. The molecule has 10 nitrogen and oxygen atoms in total. The van der Waals surface area contributed by atoms with Gasteiger partial charge in [0.05, 0.1) is 43.4 Å². The van der Waals surface area contributed by atoms with Crippen LogP contribution >= 0.6 is 0 Å². The fourth-order valence-corrected chi connectivity index (χ4v) is 6.08. The molecule has 3 heterocycles. The van der Waals surface area contributed by atoms with E-state index in [9.17, 15) is 17.6 Å². The van der Waals surface area contributed by atoms with Crippen molar-refractivity contribution in [3.63, 3.8) is 0 Å². The lowest BCUT2D eigenvalue weighted by atomic mass is 10.2. The number of halogens is 1. The van der Waals surface area contributed by atoms with Crippen LogP contribution in [0.25, 0.3) is 0 Å². The first-order valence-electron chi connectivity index (χ1n) is 12.5. The summed E-state index contributed by atoms with van der Waals surface area (Å²) < 4.78 is 54.3. The van der Waals surface area contributed by atoms with E-state index in [2.05, 4.69) is 9.71 Å². The van der Waals surface area contributed by atoms with Crippen molar-refractivity contribution in [3.05, 3.63) is 78.6 Å². The van der Waals surface area contributed by atoms with Gasteiger partial charge in [0.1, 0.15) is 16.8 Å². The Morgan fingerprint density at radius 2 is 1.69 bits per heavy atom. The Bertz CT molecular complexity index is 1530. The highest BCUT2D eigenvalue weighted by atomic mass is 32.2. The largest absolute Gasteiger partial charge is 0.442 e. The third kappa shape index (κ3) is 4.88. The average Bonchev–Trinajstić information content (AvgIpc) is 3.33. The van der Waals surface area contributed by atoms with Gasteiger partial charge in [-0.05, 0) is 42.5 Å². The van der Waals surface area contributed by atoms with Gasteiger partial charge in [0, 0.05) is 18.8 Å². The van der Waals surface area contributed by atoms with Crippen LogP contribution in [0.1, 0.15) is 0 Å². The molecule has 39 heavy (non-hydrogen) atoms. The summed E-state index contributed by atoms with van der Waals surface area (Å²) in [4.78, 5) is 22.3. The molecular formula is C27H26FN5O5S. The highest BCUT2D eigenvalue weighted by Gasteiger charge is 2.36. The molecule has 3 aromatic carbocycles. The van der Waals surface area contributed by atoms with Gasteiger partial charge in [0.25, 0.3) is 10.0 Å². The molecule has 12 heteroatoms. The molecule has 3 aromatic rings. The second kappa shape index (κ2) is 10.2. The van der Waals surface area contributed by atoms with Crippen molar-refractivity contribution in [3.8, 4) is 0 Å². The Morgan fingerprint density at radius 3 is 2.46 bits per heavy atom. The van der Waals surface area contributed by atoms with Crippen molar-refractivity contribution in [1.29, 1.82) is 0 Å². The van der Waals surface area contributed by atoms with E-state index in [4.69, 9.17) is 9.47 Å². The quantitative estimate of drug-likeness (QED) is 0.518. The summed E-state index contributed by atoms with van der Waals surface area (Å²) in [7, 11) is -3.85. The van der Waals surface area contributed by atoms with Crippen LogP contribution in [-0.4, -0.2) is 66.0 Å². The van der Waals surface area contributed by atoms with Crippen LogP contribution in [0.2, 0.25) is 0 Å². The lowest BCUT2D eigenvalue weighted by Crippen LogP contribution is -2.47. The van der Waals surface area contributed by atoms with Crippen LogP contribution in [0, 0.1) is 5.82 Å². The Hall–Kier alpha value is -4.16. The standard InChI is InChI=1S/C27H26FN5O5S/c28-22-16-20(10-11-23(22)31-12-14-37-15-13-31)32-18-21(38-27(32)34)17-29-26-30-39(35,36)25-9-5-4-8-24(25)33(26)19-6-2-1-3-7-19/h1-11,16,21H,12-15,17-18H2,(H,29,30)/t21-/m0/s1. The fraction of sp³-hybridized carbons (Fsp3) is 0.259. The SMILES string of the molecule is O=C1O[C@@H](CN=C2NS(=O)(=O)c3ccccc3N2c2ccccc2)CN1c1ccc(N2CCOCC2)c(F)c1. The number of sulfonamides is 1. The monoisotopic (exact) mass is 551 g/mol. The maximum absolute atomic E-state index is 14.9. The summed E-state index contributed by atoms with van der Waals surface area (Å²) in [6.07, 6.45) is -1.28. The molecule has 3 aliphatic heterocycles. The Balaban J connectivity index is 1.23. The zero-order valence-electron chi connectivity index (χ0n) is 20.9. The van der Waals surface area contributed by atoms with Crippen molar-refractivity contribution in [2.24, 2.45) is 4.99 Å². The third-order valence-electron chi connectivity index (χ3n) is 6.76. The van der Waals surface area contributed by atoms with Crippen LogP contribution in [0.3, 0.4) is 0 Å². The van der Waals surface area contributed by atoms with Crippen LogP contribution in [0.4, 0.5) is 31.9 Å². The maximum Gasteiger partial charge on any atom is 0.414 e. The number of benzene rings is 3. The molecule has 0 aliphatic carbocycles. The molecule has 2 fully saturated rings.